The average molecular weight is 379 g/mol. The van der Waals surface area contributed by atoms with Gasteiger partial charge in [0, 0.05) is 11.1 Å². The van der Waals surface area contributed by atoms with E-state index in [-0.39, 0.29) is 5.92 Å². The van der Waals surface area contributed by atoms with E-state index >= 15 is 0 Å². The van der Waals surface area contributed by atoms with Crippen LogP contribution in [0.5, 0.6) is 0 Å². The third-order valence-electron chi connectivity index (χ3n) is 5.82. The van der Waals surface area contributed by atoms with Crippen molar-refractivity contribution in [2.45, 2.75) is 20.8 Å². The van der Waals surface area contributed by atoms with E-state index in [0.29, 0.717) is 11.3 Å². The highest BCUT2D eigenvalue weighted by Gasteiger charge is 2.19. The first kappa shape index (κ1) is 19.0. The van der Waals surface area contributed by atoms with Gasteiger partial charge in [0.2, 0.25) is 0 Å². The number of hydrogen-bond donors (Lipinski definition) is 1. The normalized spacial score (nSPS) is 12.4. The van der Waals surface area contributed by atoms with E-state index in [1.165, 1.54) is 21.9 Å². The lowest BCUT2D eigenvalue weighted by molar-refractivity contribution is 0.423. The Labute approximate surface area is 172 Å². The smallest absolute Gasteiger partial charge is 0.122 e. The molecule has 0 aliphatic carbocycles. The molecule has 0 amide bonds. The van der Waals surface area contributed by atoms with Gasteiger partial charge in [0.1, 0.15) is 5.76 Å². The molecule has 1 heteroatoms. The molecule has 4 aromatic rings. The van der Waals surface area contributed by atoms with Gasteiger partial charge >= 0.3 is 0 Å². The Kier molecular flexibility index (Phi) is 4.98. The van der Waals surface area contributed by atoms with Crippen LogP contribution in [0.3, 0.4) is 0 Å². The molecular formula is C28H26O. The fourth-order valence-electron chi connectivity index (χ4n) is 4.00. The molecule has 0 unspecified atom stereocenters. The maximum atomic E-state index is 11.0. The van der Waals surface area contributed by atoms with E-state index in [2.05, 4.69) is 93.2 Å². The number of benzene rings is 4. The molecule has 0 bridgehead atoms. The zero-order valence-electron chi connectivity index (χ0n) is 17.2. The average Bonchev–Trinajstić information content (AvgIpc) is 2.76. The van der Waals surface area contributed by atoms with Crippen LogP contribution in [-0.4, -0.2) is 5.11 Å². The Hall–Kier alpha value is -3.32. The van der Waals surface area contributed by atoms with Crippen LogP contribution in [0.15, 0.2) is 96.8 Å². The van der Waals surface area contributed by atoms with Crippen molar-refractivity contribution in [2.24, 2.45) is 5.92 Å². The second-order valence-corrected chi connectivity index (χ2v) is 7.87. The zero-order valence-corrected chi connectivity index (χ0v) is 17.2. The van der Waals surface area contributed by atoms with Crippen molar-refractivity contribution >= 4 is 27.1 Å². The van der Waals surface area contributed by atoms with Crippen molar-refractivity contribution in [3.8, 4) is 11.1 Å². The van der Waals surface area contributed by atoms with Crippen LogP contribution in [0.1, 0.15) is 26.3 Å². The van der Waals surface area contributed by atoms with Gasteiger partial charge in [-0.2, -0.15) is 0 Å². The molecule has 4 rings (SSSR count). The highest BCUT2D eigenvalue weighted by atomic mass is 16.3. The molecule has 144 valence electrons. The first-order valence-corrected chi connectivity index (χ1v) is 10.1. The minimum atomic E-state index is 0.257. The van der Waals surface area contributed by atoms with Gasteiger partial charge in [0.05, 0.1) is 0 Å². The molecule has 29 heavy (non-hydrogen) atoms. The topological polar surface area (TPSA) is 20.2 Å². The maximum absolute atomic E-state index is 11.0. The SMILES string of the molecule is C=C(/C(O)=C(\C)C(C)C)c1c2ccccc2c(-c2ccccc2)c2ccccc12. The molecule has 1 N–H and O–H groups in total. The van der Waals surface area contributed by atoms with Gasteiger partial charge in [0.25, 0.3) is 0 Å². The minimum Gasteiger partial charge on any atom is -0.507 e. The molecule has 4 aromatic carbocycles. The van der Waals surface area contributed by atoms with Crippen LogP contribution in [0.4, 0.5) is 0 Å². The Bertz CT molecular complexity index is 1190. The molecule has 0 aliphatic heterocycles. The van der Waals surface area contributed by atoms with Gasteiger partial charge in [-0.15, -0.1) is 0 Å². The highest BCUT2D eigenvalue weighted by molar-refractivity contribution is 6.19. The Morgan fingerprint density at radius 3 is 1.66 bits per heavy atom. The molecule has 0 heterocycles. The maximum Gasteiger partial charge on any atom is 0.122 e. The summed E-state index contributed by atoms with van der Waals surface area (Å²) in [6, 6.07) is 27.4. The number of aliphatic hydroxyl groups excluding tert-OH is 1. The quantitative estimate of drug-likeness (QED) is 0.216. The standard InChI is InChI=1S/C28H26O/c1-18(2)19(3)28(29)20(4)26-22-14-8-10-16-24(22)27(21-12-6-5-7-13-21)25-17-11-9-15-23(25)26/h5-18,29H,4H2,1-3H3/b28-19-. The van der Waals surface area contributed by atoms with Gasteiger partial charge in [-0.05, 0) is 51.1 Å². The summed E-state index contributed by atoms with van der Waals surface area (Å²) in [5.74, 6) is 0.552. The molecule has 0 radical (unpaired) electrons. The van der Waals surface area contributed by atoms with Crippen LogP contribution in [0.25, 0.3) is 38.2 Å². The molecule has 0 spiro atoms. The summed E-state index contributed by atoms with van der Waals surface area (Å²) in [5.41, 5.74) is 5.06. The monoisotopic (exact) mass is 378 g/mol. The third-order valence-corrected chi connectivity index (χ3v) is 5.82. The predicted molar refractivity (Wildman–Crippen MR) is 126 cm³/mol. The van der Waals surface area contributed by atoms with Crippen LogP contribution in [-0.2, 0) is 0 Å². The lowest BCUT2D eigenvalue weighted by atomic mass is 9.85. The third kappa shape index (κ3) is 3.23. The summed E-state index contributed by atoms with van der Waals surface area (Å²) in [7, 11) is 0. The van der Waals surface area contributed by atoms with Gasteiger partial charge < -0.3 is 5.11 Å². The number of rotatable bonds is 4. The Morgan fingerprint density at radius 1 is 0.724 bits per heavy atom. The highest BCUT2D eigenvalue weighted by Crippen LogP contribution is 2.42. The van der Waals surface area contributed by atoms with Crippen molar-refractivity contribution in [3.63, 3.8) is 0 Å². The van der Waals surface area contributed by atoms with E-state index < -0.39 is 0 Å². The first-order valence-electron chi connectivity index (χ1n) is 10.1. The van der Waals surface area contributed by atoms with Crippen molar-refractivity contribution in [1.82, 2.24) is 0 Å². The van der Waals surface area contributed by atoms with Gasteiger partial charge in [0.15, 0.2) is 0 Å². The molecule has 0 fully saturated rings. The van der Waals surface area contributed by atoms with E-state index in [4.69, 9.17) is 0 Å². The summed E-state index contributed by atoms with van der Waals surface area (Å²) in [6.45, 7) is 10.5. The fourth-order valence-corrected chi connectivity index (χ4v) is 4.00. The summed E-state index contributed by atoms with van der Waals surface area (Å²) in [5, 5.41) is 15.6. The fraction of sp³-hybridized carbons (Fsp3) is 0.143. The van der Waals surface area contributed by atoms with Crippen LogP contribution < -0.4 is 0 Å². The number of allylic oxidation sites excluding steroid dienone is 2. The predicted octanol–water partition coefficient (Wildman–Crippen LogP) is 8.16. The van der Waals surface area contributed by atoms with Gasteiger partial charge in [-0.25, -0.2) is 0 Å². The van der Waals surface area contributed by atoms with Crippen molar-refractivity contribution < 1.29 is 5.11 Å². The number of aliphatic hydroxyl groups is 1. The number of hydrogen-bond acceptors (Lipinski definition) is 1. The van der Waals surface area contributed by atoms with Gasteiger partial charge in [-0.1, -0.05) is 99.3 Å². The summed E-state index contributed by atoms with van der Waals surface area (Å²) in [6.07, 6.45) is 0. The lowest BCUT2D eigenvalue weighted by Crippen LogP contribution is -2.00. The molecule has 0 atom stereocenters. The second kappa shape index (κ2) is 7.60. The van der Waals surface area contributed by atoms with E-state index in [1.807, 2.05) is 13.0 Å². The van der Waals surface area contributed by atoms with E-state index in [0.717, 1.165) is 21.9 Å². The molecule has 0 aliphatic rings. The molecule has 0 aromatic heterocycles. The summed E-state index contributed by atoms with van der Waals surface area (Å²) < 4.78 is 0. The van der Waals surface area contributed by atoms with Crippen LogP contribution in [0.2, 0.25) is 0 Å². The summed E-state index contributed by atoms with van der Waals surface area (Å²) >= 11 is 0. The second-order valence-electron chi connectivity index (χ2n) is 7.87. The van der Waals surface area contributed by atoms with Crippen molar-refractivity contribution in [3.05, 3.63) is 102 Å². The molecule has 0 saturated carbocycles. The van der Waals surface area contributed by atoms with E-state index in [9.17, 15) is 5.11 Å². The molecule has 0 saturated heterocycles. The first-order chi connectivity index (χ1) is 14.0. The zero-order chi connectivity index (χ0) is 20.5. The van der Waals surface area contributed by atoms with Crippen molar-refractivity contribution in [1.29, 1.82) is 0 Å². The Balaban J connectivity index is 2.15. The number of fused-ring (bicyclic) bond motifs is 2. The molecule has 1 nitrogen and oxygen atoms in total. The van der Waals surface area contributed by atoms with E-state index in [1.54, 1.807) is 0 Å². The van der Waals surface area contributed by atoms with Crippen LogP contribution in [0, 0.1) is 5.92 Å². The molecular weight excluding hydrogens is 352 g/mol. The Morgan fingerprint density at radius 2 is 1.17 bits per heavy atom. The lowest BCUT2D eigenvalue weighted by Gasteiger charge is -2.20. The van der Waals surface area contributed by atoms with Crippen LogP contribution >= 0.6 is 0 Å². The largest absolute Gasteiger partial charge is 0.507 e. The summed E-state index contributed by atoms with van der Waals surface area (Å²) in [4.78, 5) is 0. The van der Waals surface area contributed by atoms with Gasteiger partial charge in [-0.3, -0.25) is 0 Å². The van der Waals surface area contributed by atoms with Crippen molar-refractivity contribution in [2.75, 3.05) is 0 Å². The minimum absolute atomic E-state index is 0.257.